The van der Waals surface area contributed by atoms with Gasteiger partial charge in [0.25, 0.3) is 0 Å². The molecule has 0 radical (unpaired) electrons. The number of nitrogens with zero attached hydrogens (tertiary/aromatic N) is 1. The lowest BCUT2D eigenvalue weighted by Crippen LogP contribution is -2.37. The average Bonchev–Trinajstić information content (AvgIpc) is 2.14. The molecule has 1 aromatic rings. The first-order valence-corrected chi connectivity index (χ1v) is 7.44. The highest BCUT2D eigenvalue weighted by Gasteiger charge is 2.28. The summed E-state index contributed by atoms with van der Waals surface area (Å²) in [6, 6.07) is 2.39. The highest BCUT2D eigenvalue weighted by molar-refractivity contribution is 7.89. The largest absolute Gasteiger partial charge is 0.243 e. The second-order valence-electron chi connectivity index (χ2n) is 4.67. The minimum absolute atomic E-state index is 0.121. The van der Waals surface area contributed by atoms with Crippen LogP contribution in [0, 0.1) is 19.7 Å². The Bertz CT molecular complexity index is 515. The predicted octanol–water partition coefficient (Wildman–Crippen LogP) is 2.86. The van der Waals surface area contributed by atoms with E-state index >= 15 is 0 Å². The highest BCUT2D eigenvalue weighted by atomic mass is 32.2. The lowest BCUT2D eigenvalue weighted by molar-refractivity contribution is 0.368. The van der Waals surface area contributed by atoms with Gasteiger partial charge in [0.05, 0.1) is 4.90 Å². The second kappa shape index (κ2) is 5.36. The summed E-state index contributed by atoms with van der Waals surface area (Å²) in [5, 5.41) is 0. The van der Waals surface area contributed by atoms with Crippen molar-refractivity contribution < 1.29 is 12.8 Å². The number of halogens is 1. The molecule has 0 aliphatic heterocycles. The summed E-state index contributed by atoms with van der Waals surface area (Å²) in [6.07, 6.45) is 0. The Morgan fingerprint density at radius 3 is 2.00 bits per heavy atom. The number of hydrogen-bond acceptors (Lipinski definition) is 2. The summed E-state index contributed by atoms with van der Waals surface area (Å²) in [4.78, 5) is 0.222. The number of hydrogen-bond donors (Lipinski definition) is 0. The molecule has 102 valence electrons. The molecule has 0 amide bonds. The van der Waals surface area contributed by atoms with Gasteiger partial charge in [-0.15, -0.1) is 0 Å². The Balaban J connectivity index is 3.46. The predicted molar refractivity (Wildman–Crippen MR) is 70.6 cm³/mol. The van der Waals surface area contributed by atoms with Crippen molar-refractivity contribution in [2.45, 2.75) is 45.6 Å². The molecule has 5 heteroatoms. The van der Waals surface area contributed by atoms with E-state index < -0.39 is 15.8 Å². The lowest BCUT2D eigenvalue weighted by Gasteiger charge is -2.26. The maximum atomic E-state index is 13.2. The van der Waals surface area contributed by atoms with Crippen molar-refractivity contribution in [1.29, 1.82) is 0 Å². The quantitative estimate of drug-likeness (QED) is 0.846. The van der Waals surface area contributed by atoms with E-state index in [1.165, 1.54) is 16.4 Å². The molecule has 0 N–H and O–H groups in total. The van der Waals surface area contributed by atoms with Gasteiger partial charge in [0, 0.05) is 12.6 Å². The maximum absolute atomic E-state index is 13.2. The molecule has 0 aliphatic rings. The number of rotatable bonds is 4. The van der Waals surface area contributed by atoms with Crippen LogP contribution in [0.2, 0.25) is 0 Å². The van der Waals surface area contributed by atoms with E-state index in [4.69, 9.17) is 0 Å². The van der Waals surface area contributed by atoms with Crippen LogP contribution in [0.15, 0.2) is 17.0 Å². The molecule has 0 spiro atoms. The SMILES string of the molecule is CCN(C(C)C)S(=O)(=O)c1c(C)cc(F)cc1C. The van der Waals surface area contributed by atoms with Gasteiger partial charge in [-0.1, -0.05) is 6.92 Å². The normalized spacial score (nSPS) is 12.4. The van der Waals surface area contributed by atoms with Crippen LogP contribution >= 0.6 is 0 Å². The summed E-state index contributed by atoms with van der Waals surface area (Å²) in [5.74, 6) is -0.406. The average molecular weight is 273 g/mol. The monoisotopic (exact) mass is 273 g/mol. The Kier molecular flexibility index (Phi) is 4.50. The van der Waals surface area contributed by atoms with Crippen LogP contribution in [0.1, 0.15) is 31.9 Å². The first-order valence-electron chi connectivity index (χ1n) is 6.00. The molecule has 0 unspecified atom stereocenters. The van der Waals surface area contributed by atoms with Gasteiger partial charge in [-0.25, -0.2) is 12.8 Å². The molecular formula is C13H20FNO2S. The molecule has 3 nitrogen and oxygen atoms in total. The molecule has 18 heavy (non-hydrogen) atoms. The fourth-order valence-electron chi connectivity index (χ4n) is 2.23. The van der Waals surface area contributed by atoms with Crippen LogP contribution in [0.5, 0.6) is 0 Å². The molecule has 1 rings (SSSR count). The van der Waals surface area contributed by atoms with Gasteiger partial charge in [0.15, 0.2) is 0 Å². The minimum atomic E-state index is -3.56. The highest BCUT2D eigenvalue weighted by Crippen LogP contribution is 2.25. The van der Waals surface area contributed by atoms with Crippen molar-refractivity contribution in [1.82, 2.24) is 4.31 Å². The van der Waals surface area contributed by atoms with Crippen LogP contribution in [0.3, 0.4) is 0 Å². The molecule has 0 aromatic heterocycles. The third-order valence-electron chi connectivity index (χ3n) is 2.88. The van der Waals surface area contributed by atoms with E-state index in [0.717, 1.165) is 0 Å². The van der Waals surface area contributed by atoms with Gasteiger partial charge in [0.2, 0.25) is 10.0 Å². The summed E-state index contributed by atoms with van der Waals surface area (Å²) >= 11 is 0. The molecule has 0 bridgehead atoms. The van der Waals surface area contributed by atoms with Gasteiger partial charge < -0.3 is 0 Å². The van der Waals surface area contributed by atoms with Crippen molar-refractivity contribution in [3.63, 3.8) is 0 Å². The zero-order chi connectivity index (χ0) is 14.1. The molecule has 0 heterocycles. The number of sulfonamides is 1. The van der Waals surface area contributed by atoms with Crippen molar-refractivity contribution in [2.24, 2.45) is 0 Å². The zero-order valence-electron chi connectivity index (χ0n) is 11.5. The van der Waals surface area contributed by atoms with Crippen LogP contribution in [0.25, 0.3) is 0 Å². The summed E-state index contributed by atoms with van der Waals surface area (Å²) in [5.41, 5.74) is 0.901. The first-order chi connectivity index (χ1) is 8.21. The topological polar surface area (TPSA) is 37.4 Å². The van der Waals surface area contributed by atoms with Crippen LogP contribution in [-0.4, -0.2) is 25.3 Å². The van der Waals surface area contributed by atoms with Crippen molar-refractivity contribution in [3.8, 4) is 0 Å². The van der Waals surface area contributed by atoms with Gasteiger partial charge in [-0.2, -0.15) is 4.31 Å². The maximum Gasteiger partial charge on any atom is 0.243 e. The fourth-order valence-corrected chi connectivity index (χ4v) is 4.30. The second-order valence-corrected chi connectivity index (χ2v) is 6.50. The van der Waals surface area contributed by atoms with Crippen molar-refractivity contribution >= 4 is 10.0 Å². The van der Waals surface area contributed by atoms with Crippen molar-refractivity contribution in [2.75, 3.05) is 6.54 Å². The summed E-state index contributed by atoms with van der Waals surface area (Å²) < 4.78 is 39.8. The smallest absolute Gasteiger partial charge is 0.207 e. The van der Waals surface area contributed by atoms with E-state index in [9.17, 15) is 12.8 Å². The minimum Gasteiger partial charge on any atom is -0.207 e. The Morgan fingerprint density at radius 2 is 1.67 bits per heavy atom. The van der Waals surface area contributed by atoms with Crippen molar-refractivity contribution in [3.05, 3.63) is 29.1 Å². The van der Waals surface area contributed by atoms with Gasteiger partial charge in [-0.3, -0.25) is 0 Å². The van der Waals surface area contributed by atoms with Gasteiger partial charge in [0.1, 0.15) is 5.82 Å². The third kappa shape index (κ3) is 2.72. The summed E-state index contributed by atoms with van der Waals surface area (Å²) in [7, 11) is -3.56. The Hall–Kier alpha value is -0.940. The van der Waals surface area contributed by atoms with Gasteiger partial charge in [-0.05, 0) is 51.0 Å². The fraction of sp³-hybridized carbons (Fsp3) is 0.538. The first kappa shape index (κ1) is 15.1. The Morgan fingerprint density at radius 1 is 1.22 bits per heavy atom. The summed E-state index contributed by atoms with van der Waals surface area (Å²) in [6.45, 7) is 9.10. The van der Waals surface area contributed by atoms with Crippen LogP contribution < -0.4 is 0 Å². The van der Waals surface area contributed by atoms with E-state index in [2.05, 4.69) is 0 Å². The van der Waals surface area contributed by atoms with E-state index in [1.54, 1.807) is 20.8 Å². The molecule has 1 aromatic carbocycles. The zero-order valence-corrected chi connectivity index (χ0v) is 12.3. The van der Waals surface area contributed by atoms with E-state index in [-0.39, 0.29) is 10.9 Å². The lowest BCUT2D eigenvalue weighted by atomic mass is 10.1. The molecule has 0 saturated carbocycles. The standard InChI is InChI=1S/C13H20FNO2S/c1-6-15(9(2)3)18(16,17)13-10(4)7-12(14)8-11(13)5/h7-9H,6H2,1-5H3. The molecule has 0 aliphatic carbocycles. The van der Waals surface area contributed by atoms with Crippen LogP contribution in [-0.2, 0) is 10.0 Å². The molecule has 0 saturated heterocycles. The third-order valence-corrected chi connectivity index (χ3v) is 5.34. The Labute approximate surface area is 109 Å². The molecule has 0 atom stereocenters. The van der Waals surface area contributed by atoms with Crippen LogP contribution in [0.4, 0.5) is 4.39 Å². The van der Waals surface area contributed by atoms with E-state index in [1.807, 2.05) is 13.8 Å². The van der Waals surface area contributed by atoms with E-state index in [0.29, 0.717) is 17.7 Å². The number of benzene rings is 1. The molecule has 0 fully saturated rings. The number of aryl methyl sites for hydroxylation is 2. The van der Waals surface area contributed by atoms with Gasteiger partial charge >= 0.3 is 0 Å². The molecular weight excluding hydrogens is 253 g/mol.